The van der Waals surface area contributed by atoms with Crippen LogP contribution in [-0.2, 0) is 33.8 Å². The highest BCUT2D eigenvalue weighted by molar-refractivity contribution is 7.09. The maximum Gasteiger partial charge on any atom is 0.243 e. The molecule has 3 amide bonds. The maximum atomic E-state index is 13.9. The second-order valence-corrected chi connectivity index (χ2v) is 17.1. The Morgan fingerprint density at radius 3 is 2.41 bits per heavy atom. The quantitative estimate of drug-likeness (QED) is 0.168. The molecule has 0 bridgehead atoms. The van der Waals surface area contributed by atoms with Crippen LogP contribution in [0.1, 0.15) is 82.6 Å². The lowest BCUT2D eigenvalue weighted by atomic mass is 9.97. The Hall–Kier alpha value is -4.04. The second-order valence-electron chi connectivity index (χ2n) is 16.2. The van der Waals surface area contributed by atoms with Crippen molar-refractivity contribution in [3.05, 3.63) is 75.7 Å². The molecule has 13 heteroatoms. The van der Waals surface area contributed by atoms with Gasteiger partial charge in [-0.15, -0.1) is 11.3 Å². The van der Waals surface area contributed by atoms with E-state index in [4.69, 9.17) is 9.47 Å². The summed E-state index contributed by atoms with van der Waals surface area (Å²) in [5.41, 5.74) is 2.44. The number of fused-ring (bicyclic) bond motifs is 1. The van der Waals surface area contributed by atoms with Crippen molar-refractivity contribution >= 4 is 29.1 Å². The molecule has 5 rings (SSSR count). The third-order valence-electron chi connectivity index (χ3n) is 9.67. The standard InChI is InChI=1S/C41H58N6O6S/c1-26(2)37(44-36(49)16-14-30-24-54-40(42-30)27(3)4)39(51)43-31(19-28-11-9-8-10-12-28)33(48)23-47-18-17-46(22-32(47)38(50)45-41(5,6)7)21-29-13-15-34-35(20-29)53-25-52-34/h8-13,15,20,24,26-27,31-33,37,48H,14,16-19,21-23,25H2,1-7H3,(H,43,51)(H,44,49)(H,45,50)/t31-,32?,33+,37-/m0/s1. The molecule has 2 aliphatic heterocycles. The first-order valence-corrected chi connectivity index (χ1v) is 20.0. The molecule has 0 spiro atoms. The molecule has 0 saturated carbocycles. The molecule has 1 aromatic heterocycles. The average molecular weight is 763 g/mol. The summed E-state index contributed by atoms with van der Waals surface area (Å²) in [6.45, 7) is 16.5. The average Bonchev–Trinajstić information content (AvgIpc) is 3.79. The van der Waals surface area contributed by atoms with Crippen molar-refractivity contribution in [2.24, 2.45) is 5.92 Å². The zero-order chi connectivity index (χ0) is 39.0. The number of thiazole rings is 1. The minimum Gasteiger partial charge on any atom is -0.454 e. The van der Waals surface area contributed by atoms with Crippen LogP contribution in [0.2, 0.25) is 0 Å². The summed E-state index contributed by atoms with van der Waals surface area (Å²) < 4.78 is 11.1. The molecular weight excluding hydrogens is 705 g/mol. The predicted molar refractivity (Wildman–Crippen MR) is 210 cm³/mol. The lowest BCUT2D eigenvalue weighted by Crippen LogP contribution is -2.63. The van der Waals surface area contributed by atoms with Crippen molar-refractivity contribution < 1.29 is 29.0 Å². The molecule has 12 nitrogen and oxygen atoms in total. The number of aliphatic hydroxyl groups is 1. The maximum absolute atomic E-state index is 13.9. The number of aromatic nitrogens is 1. The van der Waals surface area contributed by atoms with E-state index in [2.05, 4.69) is 39.7 Å². The van der Waals surface area contributed by atoms with Gasteiger partial charge in [0.15, 0.2) is 11.5 Å². The molecule has 2 aliphatic rings. The van der Waals surface area contributed by atoms with Crippen LogP contribution >= 0.6 is 11.3 Å². The fourth-order valence-electron chi connectivity index (χ4n) is 6.75. The second kappa shape index (κ2) is 18.5. The predicted octanol–water partition coefficient (Wildman–Crippen LogP) is 4.26. The zero-order valence-electron chi connectivity index (χ0n) is 32.8. The fraction of sp³-hybridized carbons (Fsp3) is 0.561. The van der Waals surface area contributed by atoms with Gasteiger partial charge in [0, 0.05) is 56.0 Å². The van der Waals surface area contributed by atoms with Crippen LogP contribution in [-0.4, -0.2) is 100 Å². The Kier molecular flexibility index (Phi) is 14.1. The van der Waals surface area contributed by atoms with Gasteiger partial charge in [-0.2, -0.15) is 0 Å². The van der Waals surface area contributed by atoms with Gasteiger partial charge in [-0.1, -0.05) is 64.1 Å². The minimum absolute atomic E-state index is 0.116. The summed E-state index contributed by atoms with van der Waals surface area (Å²) in [4.78, 5) is 49.8. The molecule has 4 N–H and O–H groups in total. The lowest BCUT2D eigenvalue weighted by Gasteiger charge is -2.43. The van der Waals surface area contributed by atoms with E-state index in [1.54, 1.807) is 11.3 Å². The van der Waals surface area contributed by atoms with Crippen LogP contribution in [0.15, 0.2) is 53.9 Å². The molecule has 294 valence electrons. The van der Waals surface area contributed by atoms with Gasteiger partial charge in [-0.25, -0.2) is 4.98 Å². The van der Waals surface area contributed by atoms with Gasteiger partial charge in [0.2, 0.25) is 24.5 Å². The first kappa shape index (κ1) is 41.1. The third-order valence-corrected chi connectivity index (χ3v) is 10.9. The van der Waals surface area contributed by atoms with Gasteiger partial charge < -0.3 is 30.5 Å². The first-order valence-electron chi connectivity index (χ1n) is 19.1. The zero-order valence-corrected chi connectivity index (χ0v) is 33.6. The van der Waals surface area contributed by atoms with Crippen LogP contribution in [0.4, 0.5) is 0 Å². The number of aryl methyl sites for hydroxylation is 1. The van der Waals surface area contributed by atoms with Crippen molar-refractivity contribution in [2.75, 3.05) is 33.0 Å². The minimum atomic E-state index is -1.01. The normalized spacial score (nSPS) is 18.0. The van der Waals surface area contributed by atoms with E-state index in [-0.39, 0.29) is 43.4 Å². The van der Waals surface area contributed by atoms with Gasteiger partial charge >= 0.3 is 0 Å². The third kappa shape index (κ3) is 11.7. The molecule has 0 radical (unpaired) electrons. The Bertz CT molecular complexity index is 1710. The Morgan fingerprint density at radius 1 is 0.981 bits per heavy atom. The molecule has 54 heavy (non-hydrogen) atoms. The number of amides is 3. The number of hydrogen-bond donors (Lipinski definition) is 4. The molecule has 4 atom stereocenters. The van der Waals surface area contributed by atoms with E-state index in [0.717, 1.165) is 33.3 Å². The van der Waals surface area contributed by atoms with Crippen LogP contribution in [0.3, 0.4) is 0 Å². The van der Waals surface area contributed by atoms with Crippen molar-refractivity contribution in [3.63, 3.8) is 0 Å². The molecule has 1 unspecified atom stereocenters. The smallest absolute Gasteiger partial charge is 0.243 e. The summed E-state index contributed by atoms with van der Waals surface area (Å²) in [6.07, 6.45) is 0.0668. The molecule has 3 aromatic rings. The monoisotopic (exact) mass is 762 g/mol. The first-order chi connectivity index (χ1) is 25.6. The molecule has 3 heterocycles. The number of ether oxygens (including phenoxy) is 2. The van der Waals surface area contributed by atoms with E-state index in [1.807, 2.05) is 93.4 Å². The van der Waals surface area contributed by atoms with E-state index >= 15 is 0 Å². The molecule has 0 aliphatic carbocycles. The van der Waals surface area contributed by atoms with Gasteiger partial charge in [-0.05, 0) is 62.8 Å². The van der Waals surface area contributed by atoms with Crippen molar-refractivity contribution in [1.82, 2.24) is 30.7 Å². The van der Waals surface area contributed by atoms with Crippen molar-refractivity contribution in [1.29, 1.82) is 0 Å². The molecule has 2 aromatic carbocycles. The van der Waals surface area contributed by atoms with Crippen molar-refractivity contribution in [3.8, 4) is 11.5 Å². The van der Waals surface area contributed by atoms with Crippen molar-refractivity contribution in [2.45, 2.75) is 110 Å². The molecule has 1 saturated heterocycles. The van der Waals surface area contributed by atoms with Gasteiger partial charge in [-0.3, -0.25) is 24.2 Å². The highest BCUT2D eigenvalue weighted by Crippen LogP contribution is 2.33. The van der Waals surface area contributed by atoms with E-state index < -0.39 is 29.8 Å². The Balaban J connectivity index is 1.27. The van der Waals surface area contributed by atoms with E-state index in [1.165, 1.54) is 0 Å². The summed E-state index contributed by atoms with van der Waals surface area (Å²) in [7, 11) is 0. The number of nitrogens with zero attached hydrogens (tertiary/aromatic N) is 3. The van der Waals surface area contributed by atoms with Crippen LogP contribution < -0.4 is 25.4 Å². The van der Waals surface area contributed by atoms with Gasteiger partial charge in [0.25, 0.3) is 0 Å². The Labute approximate surface area is 324 Å². The highest BCUT2D eigenvalue weighted by atomic mass is 32.1. The summed E-state index contributed by atoms with van der Waals surface area (Å²) in [6, 6.07) is 13.6. The molecular formula is C41H58N6O6S. The fourth-order valence-corrected chi connectivity index (χ4v) is 7.62. The number of piperazine rings is 1. The van der Waals surface area contributed by atoms with Gasteiger partial charge in [0.05, 0.1) is 22.8 Å². The van der Waals surface area contributed by atoms with Crippen LogP contribution in [0.5, 0.6) is 11.5 Å². The number of carbonyl (C=O) groups excluding carboxylic acids is 3. The van der Waals surface area contributed by atoms with Crippen LogP contribution in [0, 0.1) is 5.92 Å². The largest absolute Gasteiger partial charge is 0.454 e. The number of β-amino-alcohol motifs (C(OH)–C–C–N with tert-alkyl or cyclic N) is 1. The van der Waals surface area contributed by atoms with Crippen LogP contribution in [0.25, 0.3) is 0 Å². The Morgan fingerprint density at radius 2 is 1.72 bits per heavy atom. The van der Waals surface area contributed by atoms with E-state index in [9.17, 15) is 19.5 Å². The number of benzene rings is 2. The number of rotatable bonds is 16. The number of aliphatic hydroxyl groups excluding tert-OH is 1. The highest BCUT2D eigenvalue weighted by Gasteiger charge is 2.37. The summed E-state index contributed by atoms with van der Waals surface area (Å²) in [5, 5.41) is 24.1. The molecule has 1 fully saturated rings. The summed E-state index contributed by atoms with van der Waals surface area (Å²) in [5.74, 6) is 0.880. The SMILES string of the molecule is CC(C)c1nc(CCC(=O)N[C@H](C(=O)N[C@@H](Cc2ccccc2)[C@H](O)CN2CCN(Cc3ccc4c(c3)OCO4)CC2C(=O)NC(C)(C)C)C(C)C)cs1. The number of nitrogens with one attached hydrogen (secondary N) is 3. The summed E-state index contributed by atoms with van der Waals surface area (Å²) >= 11 is 1.60. The number of hydrogen-bond acceptors (Lipinski definition) is 10. The van der Waals surface area contributed by atoms with Gasteiger partial charge in [0.1, 0.15) is 12.1 Å². The lowest BCUT2D eigenvalue weighted by molar-refractivity contribution is -0.133. The topological polar surface area (TPSA) is 145 Å². The number of carbonyl (C=O) groups is 3. The van der Waals surface area contributed by atoms with E-state index in [0.29, 0.717) is 44.9 Å².